The highest BCUT2D eigenvalue weighted by atomic mass is 14.9. The van der Waals surface area contributed by atoms with Crippen LogP contribution < -0.4 is 5.32 Å². The van der Waals surface area contributed by atoms with Gasteiger partial charge in [-0.15, -0.1) is 0 Å². The highest BCUT2D eigenvalue weighted by Gasteiger charge is 2.13. The minimum absolute atomic E-state index is 0.578. The molecule has 0 unspecified atom stereocenters. The minimum Gasteiger partial charge on any atom is -0.382 e. The first kappa shape index (κ1) is 13.0. The lowest BCUT2D eigenvalue weighted by molar-refractivity contribution is 0.620. The summed E-state index contributed by atoms with van der Waals surface area (Å²) in [6.45, 7) is 0. The molecule has 0 aliphatic heterocycles. The van der Waals surface area contributed by atoms with E-state index in [2.05, 4.69) is 23.5 Å². The predicted octanol–water partition coefficient (Wildman–Crippen LogP) is 4.85. The fourth-order valence-corrected chi connectivity index (χ4v) is 3.17. The van der Waals surface area contributed by atoms with E-state index in [9.17, 15) is 5.26 Å². The van der Waals surface area contributed by atoms with Crippen LogP contribution in [0.2, 0.25) is 0 Å². The van der Waals surface area contributed by atoms with E-state index in [0.29, 0.717) is 6.04 Å². The molecule has 2 aromatic carbocycles. The fraction of sp³-hybridized carbons (Fsp3) is 0.389. The van der Waals surface area contributed by atoms with Crippen molar-refractivity contribution in [2.24, 2.45) is 0 Å². The molecule has 0 aromatic heterocycles. The molecule has 102 valence electrons. The van der Waals surface area contributed by atoms with E-state index in [1.807, 2.05) is 24.3 Å². The topological polar surface area (TPSA) is 35.8 Å². The van der Waals surface area contributed by atoms with Gasteiger partial charge in [0.05, 0.1) is 11.6 Å². The molecule has 1 aliphatic rings. The number of anilines is 1. The summed E-state index contributed by atoms with van der Waals surface area (Å²) in [7, 11) is 0. The molecule has 3 rings (SSSR count). The van der Waals surface area contributed by atoms with Gasteiger partial charge >= 0.3 is 0 Å². The largest absolute Gasteiger partial charge is 0.382 e. The highest BCUT2D eigenvalue weighted by Crippen LogP contribution is 2.29. The Hall–Kier alpha value is -2.01. The maximum atomic E-state index is 9.21. The van der Waals surface area contributed by atoms with E-state index in [1.165, 1.54) is 44.2 Å². The van der Waals surface area contributed by atoms with Crippen LogP contribution in [-0.2, 0) is 0 Å². The Morgan fingerprint density at radius 2 is 1.60 bits per heavy atom. The van der Waals surface area contributed by atoms with Crippen molar-refractivity contribution in [3.8, 4) is 6.07 Å². The number of hydrogen-bond donors (Lipinski definition) is 1. The molecule has 2 heteroatoms. The van der Waals surface area contributed by atoms with Crippen LogP contribution >= 0.6 is 0 Å². The highest BCUT2D eigenvalue weighted by molar-refractivity contribution is 5.97. The summed E-state index contributed by atoms with van der Waals surface area (Å²) < 4.78 is 0. The van der Waals surface area contributed by atoms with Gasteiger partial charge < -0.3 is 5.32 Å². The molecule has 0 radical (unpaired) electrons. The third-order valence-corrected chi connectivity index (χ3v) is 4.26. The van der Waals surface area contributed by atoms with Gasteiger partial charge in [0.2, 0.25) is 0 Å². The molecule has 0 amide bonds. The molecular formula is C18H20N2. The van der Waals surface area contributed by atoms with Gasteiger partial charge in [-0.1, -0.05) is 49.9 Å². The van der Waals surface area contributed by atoms with E-state index in [4.69, 9.17) is 0 Å². The molecule has 0 atom stereocenters. The van der Waals surface area contributed by atoms with E-state index in [0.717, 1.165) is 16.3 Å². The van der Waals surface area contributed by atoms with Gasteiger partial charge in [0.1, 0.15) is 0 Å². The van der Waals surface area contributed by atoms with Crippen LogP contribution in [0.5, 0.6) is 0 Å². The molecule has 1 N–H and O–H groups in total. The Bertz CT molecular complexity index is 631. The molecule has 0 spiro atoms. The third kappa shape index (κ3) is 2.63. The second kappa shape index (κ2) is 5.96. The van der Waals surface area contributed by atoms with Crippen LogP contribution in [0.15, 0.2) is 36.4 Å². The summed E-state index contributed by atoms with van der Waals surface area (Å²) in [5.41, 5.74) is 1.93. The van der Waals surface area contributed by atoms with Crippen molar-refractivity contribution in [3.05, 3.63) is 42.0 Å². The standard InChI is InChI=1S/C18H20N2/c19-13-14-11-12-18(17-10-6-5-9-16(14)17)20-15-7-3-1-2-4-8-15/h5-6,9-12,15,20H,1-4,7-8H2. The van der Waals surface area contributed by atoms with Gasteiger partial charge in [-0.05, 0) is 25.0 Å². The number of fused-ring (bicyclic) bond motifs is 1. The zero-order valence-electron chi connectivity index (χ0n) is 11.7. The number of nitriles is 1. The Morgan fingerprint density at radius 3 is 2.30 bits per heavy atom. The summed E-state index contributed by atoms with van der Waals surface area (Å²) >= 11 is 0. The van der Waals surface area contributed by atoms with Gasteiger partial charge in [0.25, 0.3) is 0 Å². The Balaban J connectivity index is 1.93. The minimum atomic E-state index is 0.578. The Morgan fingerprint density at radius 1 is 0.900 bits per heavy atom. The number of nitrogens with zero attached hydrogens (tertiary/aromatic N) is 1. The monoisotopic (exact) mass is 264 g/mol. The zero-order chi connectivity index (χ0) is 13.8. The van der Waals surface area contributed by atoms with E-state index < -0.39 is 0 Å². The third-order valence-electron chi connectivity index (χ3n) is 4.26. The molecule has 1 fully saturated rings. The number of hydrogen-bond acceptors (Lipinski definition) is 2. The molecule has 2 aromatic rings. The second-order valence-electron chi connectivity index (χ2n) is 5.65. The van der Waals surface area contributed by atoms with Crippen LogP contribution in [0.3, 0.4) is 0 Å². The van der Waals surface area contributed by atoms with Crippen molar-refractivity contribution in [1.82, 2.24) is 0 Å². The lowest BCUT2D eigenvalue weighted by Crippen LogP contribution is -2.18. The van der Waals surface area contributed by atoms with Crippen LogP contribution in [0, 0.1) is 11.3 Å². The Kier molecular flexibility index (Phi) is 3.87. The van der Waals surface area contributed by atoms with E-state index in [-0.39, 0.29) is 0 Å². The van der Waals surface area contributed by atoms with Crippen molar-refractivity contribution < 1.29 is 0 Å². The van der Waals surface area contributed by atoms with Crippen molar-refractivity contribution in [2.45, 2.75) is 44.6 Å². The molecule has 20 heavy (non-hydrogen) atoms. The summed E-state index contributed by atoms with van der Waals surface area (Å²) in [6, 6.07) is 15.0. The average molecular weight is 264 g/mol. The molecule has 0 bridgehead atoms. The summed E-state index contributed by atoms with van der Waals surface area (Å²) in [5, 5.41) is 15.1. The lowest BCUT2D eigenvalue weighted by atomic mass is 10.0. The quantitative estimate of drug-likeness (QED) is 0.787. The van der Waals surface area contributed by atoms with Gasteiger partial charge in [-0.25, -0.2) is 0 Å². The molecule has 0 heterocycles. The zero-order valence-corrected chi connectivity index (χ0v) is 11.7. The maximum Gasteiger partial charge on any atom is 0.0998 e. The van der Waals surface area contributed by atoms with E-state index in [1.54, 1.807) is 0 Å². The van der Waals surface area contributed by atoms with Crippen molar-refractivity contribution in [2.75, 3.05) is 5.32 Å². The first-order valence-corrected chi connectivity index (χ1v) is 7.57. The molecule has 0 saturated heterocycles. The SMILES string of the molecule is N#Cc1ccc(NC2CCCCCC2)c2ccccc12. The van der Waals surface area contributed by atoms with E-state index >= 15 is 0 Å². The number of rotatable bonds is 2. The molecule has 1 saturated carbocycles. The number of nitrogens with one attached hydrogen (secondary N) is 1. The van der Waals surface area contributed by atoms with Crippen molar-refractivity contribution in [1.29, 1.82) is 5.26 Å². The first-order chi connectivity index (χ1) is 9.88. The van der Waals surface area contributed by atoms with Crippen LogP contribution in [0.25, 0.3) is 10.8 Å². The molecular weight excluding hydrogens is 244 g/mol. The maximum absolute atomic E-state index is 9.21. The predicted molar refractivity (Wildman–Crippen MR) is 83.8 cm³/mol. The van der Waals surface area contributed by atoms with Gasteiger partial charge in [0.15, 0.2) is 0 Å². The van der Waals surface area contributed by atoms with Crippen LogP contribution in [0.1, 0.15) is 44.1 Å². The number of benzene rings is 2. The molecule has 1 aliphatic carbocycles. The Labute approximate surface area is 120 Å². The van der Waals surface area contributed by atoms with Crippen LogP contribution in [-0.4, -0.2) is 6.04 Å². The van der Waals surface area contributed by atoms with Gasteiger partial charge in [-0.3, -0.25) is 0 Å². The summed E-state index contributed by atoms with van der Waals surface area (Å²) in [6.07, 6.45) is 7.90. The van der Waals surface area contributed by atoms with Crippen molar-refractivity contribution >= 4 is 16.5 Å². The molecule has 2 nitrogen and oxygen atoms in total. The second-order valence-corrected chi connectivity index (χ2v) is 5.65. The summed E-state index contributed by atoms with van der Waals surface area (Å²) in [4.78, 5) is 0. The summed E-state index contributed by atoms with van der Waals surface area (Å²) in [5.74, 6) is 0. The smallest absolute Gasteiger partial charge is 0.0998 e. The van der Waals surface area contributed by atoms with Gasteiger partial charge in [0, 0.05) is 22.5 Å². The average Bonchev–Trinajstić information content (AvgIpc) is 2.76. The van der Waals surface area contributed by atoms with Crippen molar-refractivity contribution in [3.63, 3.8) is 0 Å². The normalized spacial score (nSPS) is 16.6. The lowest BCUT2D eigenvalue weighted by Gasteiger charge is -2.19. The van der Waals surface area contributed by atoms with Gasteiger partial charge in [-0.2, -0.15) is 5.26 Å². The van der Waals surface area contributed by atoms with Crippen LogP contribution in [0.4, 0.5) is 5.69 Å². The fourth-order valence-electron chi connectivity index (χ4n) is 3.17. The first-order valence-electron chi connectivity index (χ1n) is 7.57.